The molecule has 0 spiro atoms. The van der Waals surface area contributed by atoms with E-state index in [1.54, 1.807) is 30.4 Å². The van der Waals surface area contributed by atoms with Gasteiger partial charge in [0.2, 0.25) is 0 Å². The van der Waals surface area contributed by atoms with Crippen LogP contribution in [-0.4, -0.2) is 52.4 Å². The number of carbonyl (C=O) groups excluding carboxylic acids is 1. The van der Waals surface area contributed by atoms with Gasteiger partial charge in [-0.05, 0) is 37.0 Å². The molecule has 0 bridgehead atoms. The summed E-state index contributed by atoms with van der Waals surface area (Å²) in [6, 6.07) is 5.74. The van der Waals surface area contributed by atoms with Gasteiger partial charge in [-0.2, -0.15) is 0 Å². The van der Waals surface area contributed by atoms with E-state index in [0.29, 0.717) is 12.2 Å². The maximum absolute atomic E-state index is 12.5. The van der Waals surface area contributed by atoms with Crippen LogP contribution in [0.1, 0.15) is 28.9 Å². The number of nitrogens with zero attached hydrogens (tertiary/aromatic N) is 5. The van der Waals surface area contributed by atoms with E-state index < -0.39 is 0 Å². The Morgan fingerprint density at radius 2 is 1.96 bits per heavy atom. The highest BCUT2D eigenvalue weighted by molar-refractivity contribution is 5.92. The van der Waals surface area contributed by atoms with Crippen LogP contribution >= 0.6 is 0 Å². The Balaban J connectivity index is 1.63. The normalized spacial score (nSPS) is 14.0. The first-order valence-electron chi connectivity index (χ1n) is 7.95. The minimum atomic E-state index is -0.0677. The van der Waals surface area contributed by atoms with Crippen LogP contribution in [0.5, 0.6) is 0 Å². The van der Waals surface area contributed by atoms with Crippen molar-refractivity contribution in [2.45, 2.75) is 19.3 Å². The SMILES string of the molecule is CN(CCc1ccncc1)C(=O)c1cc(N2CCCC2)ncn1. The highest BCUT2D eigenvalue weighted by atomic mass is 16.2. The molecule has 1 saturated heterocycles. The van der Waals surface area contributed by atoms with Crippen LogP contribution < -0.4 is 4.90 Å². The number of carbonyl (C=O) groups is 1. The first-order chi connectivity index (χ1) is 11.2. The Kier molecular flexibility index (Phi) is 4.80. The van der Waals surface area contributed by atoms with Crippen molar-refractivity contribution in [3.05, 3.63) is 48.2 Å². The number of rotatable bonds is 5. The summed E-state index contributed by atoms with van der Waals surface area (Å²) in [4.78, 5) is 28.9. The monoisotopic (exact) mass is 311 g/mol. The first kappa shape index (κ1) is 15.4. The minimum Gasteiger partial charge on any atom is -0.357 e. The van der Waals surface area contributed by atoms with E-state index in [-0.39, 0.29) is 5.91 Å². The van der Waals surface area contributed by atoms with Gasteiger partial charge in [0, 0.05) is 45.1 Å². The second-order valence-electron chi connectivity index (χ2n) is 5.79. The molecule has 1 fully saturated rings. The summed E-state index contributed by atoms with van der Waals surface area (Å²) in [6.45, 7) is 2.65. The Bertz CT molecular complexity index is 655. The molecule has 0 atom stereocenters. The van der Waals surface area contributed by atoms with Gasteiger partial charge < -0.3 is 9.80 Å². The highest BCUT2D eigenvalue weighted by Gasteiger charge is 2.18. The summed E-state index contributed by atoms with van der Waals surface area (Å²) in [5.41, 5.74) is 1.62. The van der Waals surface area contributed by atoms with E-state index in [2.05, 4.69) is 19.9 Å². The fourth-order valence-corrected chi connectivity index (χ4v) is 2.73. The van der Waals surface area contributed by atoms with E-state index >= 15 is 0 Å². The molecular formula is C17H21N5O. The lowest BCUT2D eigenvalue weighted by Gasteiger charge is -2.19. The summed E-state index contributed by atoms with van der Waals surface area (Å²) < 4.78 is 0. The van der Waals surface area contributed by atoms with Gasteiger partial charge in [-0.3, -0.25) is 9.78 Å². The molecule has 0 N–H and O–H groups in total. The molecule has 23 heavy (non-hydrogen) atoms. The van der Waals surface area contributed by atoms with Gasteiger partial charge in [-0.1, -0.05) is 0 Å². The minimum absolute atomic E-state index is 0.0677. The van der Waals surface area contributed by atoms with E-state index in [9.17, 15) is 4.79 Å². The second-order valence-corrected chi connectivity index (χ2v) is 5.79. The van der Waals surface area contributed by atoms with Gasteiger partial charge in [0.05, 0.1) is 0 Å². The lowest BCUT2D eigenvalue weighted by Crippen LogP contribution is -2.30. The molecule has 0 saturated carbocycles. The third kappa shape index (κ3) is 3.83. The first-order valence-corrected chi connectivity index (χ1v) is 7.95. The van der Waals surface area contributed by atoms with Gasteiger partial charge in [0.1, 0.15) is 17.8 Å². The van der Waals surface area contributed by atoms with Crippen LogP contribution in [-0.2, 0) is 6.42 Å². The zero-order valence-electron chi connectivity index (χ0n) is 13.4. The summed E-state index contributed by atoms with van der Waals surface area (Å²) in [5, 5.41) is 0. The molecule has 120 valence electrons. The zero-order valence-corrected chi connectivity index (χ0v) is 13.4. The van der Waals surface area contributed by atoms with Crippen LogP contribution in [0.25, 0.3) is 0 Å². The largest absolute Gasteiger partial charge is 0.357 e. The molecule has 0 aliphatic carbocycles. The molecule has 2 aromatic rings. The average Bonchev–Trinajstić information content (AvgIpc) is 3.15. The summed E-state index contributed by atoms with van der Waals surface area (Å²) in [6.07, 6.45) is 8.18. The van der Waals surface area contributed by atoms with Crippen molar-refractivity contribution in [1.82, 2.24) is 19.9 Å². The Hall–Kier alpha value is -2.50. The molecule has 1 aliphatic rings. The molecule has 6 nitrogen and oxygen atoms in total. The Morgan fingerprint density at radius 1 is 1.22 bits per heavy atom. The smallest absolute Gasteiger partial charge is 0.272 e. The molecule has 3 rings (SSSR count). The Morgan fingerprint density at radius 3 is 2.70 bits per heavy atom. The predicted octanol–water partition coefficient (Wildman–Crippen LogP) is 1.79. The predicted molar refractivity (Wildman–Crippen MR) is 88.4 cm³/mol. The van der Waals surface area contributed by atoms with Crippen molar-refractivity contribution in [3.8, 4) is 0 Å². The molecule has 1 aliphatic heterocycles. The molecule has 0 aromatic carbocycles. The molecule has 2 aromatic heterocycles. The lowest BCUT2D eigenvalue weighted by atomic mass is 10.2. The average molecular weight is 311 g/mol. The topological polar surface area (TPSA) is 62.2 Å². The van der Waals surface area contributed by atoms with Crippen LogP contribution in [0.2, 0.25) is 0 Å². The van der Waals surface area contributed by atoms with Gasteiger partial charge >= 0.3 is 0 Å². The van der Waals surface area contributed by atoms with Crippen molar-refractivity contribution < 1.29 is 4.79 Å². The van der Waals surface area contributed by atoms with Crippen molar-refractivity contribution in [2.24, 2.45) is 0 Å². The zero-order chi connectivity index (χ0) is 16.1. The molecule has 1 amide bonds. The third-order valence-corrected chi connectivity index (χ3v) is 4.13. The van der Waals surface area contributed by atoms with Gasteiger partial charge in [0.25, 0.3) is 5.91 Å². The van der Waals surface area contributed by atoms with Crippen LogP contribution in [0.15, 0.2) is 36.9 Å². The molecule has 0 unspecified atom stereocenters. The fourth-order valence-electron chi connectivity index (χ4n) is 2.73. The van der Waals surface area contributed by atoms with Crippen molar-refractivity contribution in [3.63, 3.8) is 0 Å². The number of pyridine rings is 1. The highest BCUT2D eigenvalue weighted by Crippen LogP contribution is 2.18. The molecule has 6 heteroatoms. The number of likely N-dealkylation sites (N-methyl/N-ethyl adjacent to an activating group) is 1. The van der Waals surface area contributed by atoms with Crippen LogP contribution in [0.4, 0.5) is 5.82 Å². The molecule has 0 radical (unpaired) electrons. The third-order valence-electron chi connectivity index (χ3n) is 4.13. The standard InChI is InChI=1S/C17H21N5O/c1-21(11-6-14-4-7-18-8-5-14)17(23)15-12-16(20-13-19-15)22-9-2-3-10-22/h4-5,7-8,12-13H,2-3,6,9-11H2,1H3. The molecule has 3 heterocycles. The van der Waals surface area contributed by atoms with E-state index in [1.165, 1.54) is 24.7 Å². The van der Waals surface area contributed by atoms with Gasteiger partial charge in [-0.15, -0.1) is 0 Å². The summed E-state index contributed by atoms with van der Waals surface area (Å²) in [7, 11) is 1.81. The van der Waals surface area contributed by atoms with E-state index in [1.807, 2.05) is 12.1 Å². The fraction of sp³-hybridized carbons (Fsp3) is 0.412. The van der Waals surface area contributed by atoms with Crippen molar-refractivity contribution in [2.75, 3.05) is 31.6 Å². The van der Waals surface area contributed by atoms with Crippen molar-refractivity contribution >= 4 is 11.7 Å². The number of aromatic nitrogens is 3. The quantitative estimate of drug-likeness (QED) is 0.842. The van der Waals surface area contributed by atoms with E-state index in [0.717, 1.165) is 25.3 Å². The summed E-state index contributed by atoms with van der Waals surface area (Å²) in [5.74, 6) is 0.783. The Labute approximate surface area is 136 Å². The van der Waals surface area contributed by atoms with Gasteiger partial charge in [-0.25, -0.2) is 9.97 Å². The lowest BCUT2D eigenvalue weighted by molar-refractivity contribution is 0.0790. The second kappa shape index (κ2) is 7.17. The summed E-state index contributed by atoms with van der Waals surface area (Å²) >= 11 is 0. The number of anilines is 1. The van der Waals surface area contributed by atoms with E-state index in [4.69, 9.17) is 0 Å². The number of hydrogen-bond donors (Lipinski definition) is 0. The number of amides is 1. The maximum atomic E-state index is 12.5. The van der Waals surface area contributed by atoms with Crippen molar-refractivity contribution in [1.29, 1.82) is 0 Å². The maximum Gasteiger partial charge on any atom is 0.272 e. The molecular weight excluding hydrogens is 290 g/mol. The van der Waals surface area contributed by atoms with Crippen LogP contribution in [0, 0.1) is 0 Å². The van der Waals surface area contributed by atoms with Gasteiger partial charge in [0.15, 0.2) is 0 Å². The van der Waals surface area contributed by atoms with Crippen LogP contribution in [0.3, 0.4) is 0 Å². The number of hydrogen-bond acceptors (Lipinski definition) is 5.